The van der Waals surface area contributed by atoms with Crippen molar-refractivity contribution >= 4 is 35.6 Å². The van der Waals surface area contributed by atoms with Gasteiger partial charge in [-0.25, -0.2) is 4.79 Å². The molecule has 2 unspecified atom stereocenters. The molecule has 0 radical (unpaired) electrons. The van der Waals surface area contributed by atoms with E-state index in [1.165, 1.54) is 0 Å². The van der Waals surface area contributed by atoms with E-state index >= 15 is 0 Å². The normalized spacial score (nSPS) is 12.1. The van der Waals surface area contributed by atoms with Crippen molar-refractivity contribution in [3.05, 3.63) is 35.4 Å². The number of carbonyl (C=O) groups is 6. The molecule has 4 amide bonds. The molecule has 1 aromatic rings. The zero-order valence-corrected chi connectivity index (χ0v) is 21.0. The zero-order valence-electron chi connectivity index (χ0n) is 21.0. The highest BCUT2D eigenvalue weighted by atomic mass is 16.4. The number of hydrogen-bond donors (Lipinski definition) is 6. The Bertz CT molecular complexity index is 949. The summed E-state index contributed by atoms with van der Waals surface area (Å²) >= 11 is 0. The van der Waals surface area contributed by atoms with E-state index in [1.807, 2.05) is 19.1 Å². The van der Waals surface area contributed by atoms with Crippen molar-refractivity contribution in [3.63, 3.8) is 0 Å². The maximum atomic E-state index is 12.2. The maximum absolute atomic E-state index is 12.2. The predicted molar refractivity (Wildman–Crippen MR) is 133 cm³/mol. The molecule has 0 heterocycles. The summed E-state index contributed by atoms with van der Waals surface area (Å²) in [5.74, 6) is -4.27. The fraction of sp³-hybridized carbons (Fsp3) is 0.520. The fourth-order valence-electron chi connectivity index (χ4n) is 3.43. The summed E-state index contributed by atoms with van der Waals surface area (Å²) in [4.78, 5) is 69.7. The Kier molecular flexibility index (Phi) is 14.0. The third-order valence-electron chi connectivity index (χ3n) is 5.52. The van der Waals surface area contributed by atoms with Crippen molar-refractivity contribution in [2.24, 2.45) is 5.73 Å². The van der Waals surface area contributed by atoms with Gasteiger partial charge < -0.3 is 31.9 Å². The van der Waals surface area contributed by atoms with Gasteiger partial charge in [-0.1, -0.05) is 17.7 Å². The van der Waals surface area contributed by atoms with Crippen molar-refractivity contribution in [1.82, 2.24) is 16.0 Å². The summed E-state index contributed by atoms with van der Waals surface area (Å²) < 4.78 is 0. The van der Waals surface area contributed by atoms with E-state index in [-0.39, 0.29) is 50.9 Å². The van der Waals surface area contributed by atoms with Crippen LogP contribution < -0.4 is 21.7 Å². The van der Waals surface area contributed by atoms with Crippen LogP contribution in [-0.2, 0) is 24.0 Å². The largest absolute Gasteiger partial charge is 0.481 e. The Morgan fingerprint density at radius 1 is 0.784 bits per heavy atom. The molecular formula is C25H36N4O8. The quantitative estimate of drug-likeness (QED) is 0.153. The molecular weight excluding hydrogens is 484 g/mol. The highest BCUT2D eigenvalue weighted by Crippen LogP contribution is 2.07. The Labute approximate surface area is 215 Å². The number of amides is 4. The number of carboxylic acids is 2. The summed E-state index contributed by atoms with van der Waals surface area (Å²) in [5, 5.41) is 25.5. The minimum Gasteiger partial charge on any atom is -0.481 e. The number of primary amides is 1. The second-order valence-corrected chi connectivity index (χ2v) is 8.74. The Hall–Kier alpha value is -3.96. The third-order valence-corrected chi connectivity index (χ3v) is 5.52. The summed E-state index contributed by atoms with van der Waals surface area (Å²) in [6.07, 6.45) is 1.19. The van der Waals surface area contributed by atoms with Crippen LogP contribution in [0.3, 0.4) is 0 Å². The molecule has 0 aliphatic carbocycles. The molecule has 1 aromatic carbocycles. The molecule has 0 bridgehead atoms. The first-order chi connectivity index (χ1) is 17.5. The molecule has 0 saturated carbocycles. The molecule has 204 valence electrons. The van der Waals surface area contributed by atoms with Crippen LogP contribution in [0.2, 0.25) is 0 Å². The Morgan fingerprint density at radius 3 is 1.92 bits per heavy atom. The first-order valence-corrected chi connectivity index (χ1v) is 12.2. The number of benzene rings is 1. The van der Waals surface area contributed by atoms with E-state index < -0.39 is 41.7 Å². The molecule has 7 N–H and O–H groups in total. The Morgan fingerprint density at radius 2 is 1.35 bits per heavy atom. The van der Waals surface area contributed by atoms with Gasteiger partial charge in [0.15, 0.2) is 0 Å². The van der Waals surface area contributed by atoms with Crippen molar-refractivity contribution in [2.45, 2.75) is 76.8 Å². The van der Waals surface area contributed by atoms with Gasteiger partial charge in [-0.3, -0.25) is 24.0 Å². The van der Waals surface area contributed by atoms with Crippen molar-refractivity contribution < 1.29 is 39.0 Å². The SMILES string of the molecule is Cc1ccc(C(=O)NCCCCC(NC(=O)CCCC(NC(=O)CCCC(=O)O)C(=O)O)C(N)=O)cc1. The van der Waals surface area contributed by atoms with Gasteiger partial charge in [-0.05, 0) is 57.6 Å². The molecule has 37 heavy (non-hydrogen) atoms. The van der Waals surface area contributed by atoms with Gasteiger partial charge in [-0.15, -0.1) is 0 Å². The highest BCUT2D eigenvalue weighted by Gasteiger charge is 2.21. The van der Waals surface area contributed by atoms with E-state index in [9.17, 15) is 33.9 Å². The van der Waals surface area contributed by atoms with Gasteiger partial charge in [0.05, 0.1) is 0 Å². The monoisotopic (exact) mass is 520 g/mol. The number of unbranched alkanes of at least 4 members (excludes halogenated alkanes) is 1. The van der Waals surface area contributed by atoms with E-state index in [0.29, 0.717) is 24.9 Å². The number of aryl methyl sites for hydroxylation is 1. The standard InChI is InChI=1S/C25H36N4O8/c1-16-11-13-17(14-12-16)24(35)27-15-3-2-6-18(23(26)34)28-20(30)8-4-7-19(25(36)37)29-21(31)9-5-10-22(32)33/h11-14,18-19H,2-10,15H2,1H3,(H2,26,34)(H,27,35)(H,28,30)(H,29,31)(H,32,33)(H,36,37). The first-order valence-electron chi connectivity index (χ1n) is 12.2. The summed E-state index contributed by atoms with van der Waals surface area (Å²) in [6.45, 7) is 2.32. The molecule has 2 atom stereocenters. The van der Waals surface area contributed by atoms with Crippen LogP contribution in [0.5, 0.6) is 0 Å². The first kappa shape index (κ1) is 31.1. The van der Waals surface area contributed by atoms with Crippen LogP contribution in [0.15, 0.2) is 24.3 Å². The average Bonchev–Trinajstić information content (AvgIpc) is 2.82. The molecule has 0 aromatic heterocycles. The number of carboxylic acid groups (broad SMARTS) is 2. The third kappa shape index (κ3) is 13.6. The van der Waals surface area contributed by atoms with Gasteiger partial charge in [-0.2, -0.15) is 0 Å². The average molecular weight is 521 g/mol. The predicted octanol–water partition coefficient (Wildman–Crippen LogP) is 0.860. The molecule has 12 heteroatoms. The smallest absolute Gasteiger partial charge is 0.326 e. The number of nitrogens with one attached hydrogen (secondary N) is 3. The lowest BCUT2D eigenvalue weighted by molar-refractivity contribution is -0.142. The van der Waals surface area contributed by atoms with Crippen LogP contribution in [0.1, 0.15) is 73.7 Å². The minimum atomic E-state index is -1.27. The second-order valence-electron chi connectivity index (χ2n) is 8.74. The summed E-state index contributed by atoms with van der Waals surface area (Å²) in [7, 11) is 0. The number of aliphatic carboxylic acids is 2. The molecule has 0 saturated heterocycles. The summed E-state index contributed by atoms with van der Waals surface area (Å²) in [6, 6.07) is 5.05. The number of rotatable bonds is 18. The van der Waals surface area contributed by atoms with Gasteiger partial charge in [0.2, 0.25) is 17.7 Å². The van der Waals surface area contributed by atoms with Gasteiger partial charge in [0.25, 0.3) is 5.91 Å². The van der Waals surface area contributed by atoms with E-state index in [4.69, 9.17) is 10.8 Å². The molecule has 0 aliphatic heterocycles. The molecule has 12 nitrogen and oxygen atoms in total. The van der Waals surface area contributed by atoms with Gasteiger partial charge in [0, 0.05) is 31.4 Å². The lowest BCUT2D eigenvalue weighted by Gasteiger charge is -2.17. The van der Waals surface area contributed by atoms with Crippen LogP contribution in [0.4, 0.5) is 0 Å². The van der Waals surface area contributed by atoms with Crippen molar-refractivity contribution in [3.8, 4) is 0 Å². The maximum Gasteiger partial charge on any atom is 0.326 e. The molecule has 1 rings (SSSR count). The fourth-order valence-corrected chi connectivity index (χ4v) is 3.43. The van der Waals surface area contributed by atoms with Crippen LogP contribution in [0.25, 0.3) is 0 Å². The van der Waals surface area contributed by atoms with E-state index in [2.05, 4.69) is 16.0 Å². The highest BCUT2D eigenvalue weighted by molar-refractivity contribution is 5.94. The van der Waals surface area contributed by atoms with Crippen molar-refractivity contribution in [1.29, 1.82) is 0 Å². The van der Waals surface area contributed by atoms with Crippen molar-refractivity contribution in [2.75, 3.05) is 6.54 Å². The number of carbonyl (C=O) groups excluding carboxylic acids is 4. The van der Waals surface area contributed by atoms with Crippen LogP contribution in [-0.4, -0.2) is 64.4 Å². The summed E-state index contributed by atoms with van der Waals surface area (Å²) in [5.41, 5.74) is 6.98. The van der Waals surface area contributed by atoms with Crippen LogP contribution >= 0.6 is 0 Å². The molecule has 0 aliphatic rings. The second kappa shape index (κ2) is 16.7. The molecule has 0 spiro atoms. The topological polar surface area (TPSA) is 205 Å². The van der Waals surface area contributed by atoms with Gasteiger partial charge >= 0.3 is 11.9 Å². The minimum absolute atomic E-state index is 0.0185. The van der Waals surface area contributed by atoms with Gasteiger partial charge in [0.1, 0.15) is 12.1 Å². The van der Waals surface area contributed by atoms with E-state index in [1.54, 1.807) is 12.1 Å². The Balaban J connectivity index is 2.34. The molecule has 0 fully saturated rings. The number of nitrogens with two attached hydrogens (primary N) is 1. The number of hydrogen-bond acceptors (Lipinski definition) is 6. The lowest BCUT2D eigenvalue weighted by Crippen LogP contribution is -2.44. The van der Waals surface area contributed by atoms with E-state index in [0.717, 1.165) is 5.56 Å². The lowest BCUT2D eigenvalue weighted by atomic mass is 10.1. The zero-order chi connectivity index (χ0) is 27.8. The van der Waals surface area contributed by atoms with Crippen LogP contribution in [0, 0.1) is 6.92 Å².